The minimum atomic E-state index is -0.188. The first-order chi connectivity index (χ1) is 14.2. The van der Waals surface area contributed by atoms with Crippen molar-refractivity contribution in [1.29, 1.82) is 0 Å². The molecule has 0 amide bonds. The summed E-state index contributed by atoms with van der Waals surface area (Å²) in [7, 11) is 1.64. The van der Waals surface area contributed by atoms with E-state index in [1.165, 1.54) is 6.07 Å². The van der Waals surface area contributed by atoms with Crippen molar-refractivity contribution in [2.45, 2.75) is 31.7 Å². The van der Waals surface area contributed by atoms with Crippen molar-refractivity contribution < 1.29 is 13.9 Å². The molecular weight excluding hydrogens is 371 g/mol. The molecule has 0 aliphatic heterocycles. The van der Waals surface area contributed by atoms with Gasteiger partial charge >= 0.3 is 0 Å². The van der Waals surface area contributed by atoms with Crippen LogP contribution < -0.4 is 15.4 Å². The first-order valence-electron chi connectivity index (χ1n) is 10.0. The van der Waals surface area contributed by atoms with Gasteiger partial charge in [0.25, 0.3) is 0 Å². The van der Waals surface area contributed by atoms with Gasteiger partial charge < -0.3 is 20.1 Å². The molecule has 1 aromatic heterocycles. The third kappa shape index (κ3) is 5.90. The van der Waals surface area contributed by atoms with Crippen molar-refractivity contribution in [3.8, 4) is 5.88 Å². The number of guanidine groups is 1. The zero-order valence-electron chi connectivity index (χ0n) is 17.1. The van der Waals surface area contributed by atoms with Crippen molar-refractivity contribution in [2.75, 3.05) is 33.4 Å². The number of nitrogens with one attached hydrogen (secondary N) is 2. The Bertz CT molecular complexity index is 824. The summed E-state index contributed by atoms with van der Waals surface area (Å²) in [4.78, 5) is 8.98. The van der Waals surface area contributed by atoms with Gasteiger partial charge in [-0.3, -0.25) is 0 Å². The molecule has 0 spiro atoms. The van der Waals surface area contributed by atoms with Crippen molar-refractivity contribution in [3.63, 3.8) is 0 Å². The molecule has 0 saturated heterocycles. The number of benzene rings is 1. The third-order valence-electron chi connectivity index (χ3n) is 5.01. The second kappa shape index (κ2) is 10.2. The number of aromatic nitrogens is 1. The molecule has 2 aromatic rings. The van der Waals surface area contributed by atoms with Crippen LogP contribution in [-0.4, -0.2) is 44.4 Å². The molecule has 0 atom stereocenters. The summed E-state index contributed by atoms with van der Waals surface area (Å²) in [5.74, 6) is 1.11. The van der Waals surface area contributed by atoms with E-state index in [1.807, 2.05) is 25.1 Å². The number of nitrogens with zero attached hydrogens (tertiary/aromatic N) is 2. The SMILES string of the molecule is CCNC(=NCc1cccnc1OCCOC)NCC1(c2cccc(F)c2)CC1. The number of hydrogen-bond donors (Lipinski definition) is 2. The number of halogens is 1. The van der Waals surface area contributed by atoms with Crippen molar-refractivity contribution >= 4 is 5.96 Å². The van der Waals surface area contributed by atoms with Gasteiger partial charge in [-0.05, 0) is 43.5 Å². The molecule has 1 aliphatic carbocycles. The van der Waals surface area contributed by atoms with Crippen LogP contribution in [0.2, 0.25) is 0 Å². The number of aliphatic imine (C=N–C) groups is 1. The van der Waals surface area contributed by atoms with Crippen molar-refractivity contribution in [1.82, 2.24) is 15.6 Å². The predicted molar refractivity (Wildman–Crippen MR) is 112 cm³/mol. The lowest BCUT2D eigenvalue weighted by atomic mass is 9.96. The Balaban J connectivity index is 1.64. The Hall–Kier alpha value is -2.67. The van der Waals surface area contributed by atoms with E-state index in [0.29, 0.717) is 32.2 Å². The predicted octanol–water partition coefficient (Wildman–Crippen LogP) is 3.03. The van der Waals surface area contributed by atoms with Gasteiger partial charge in [-0.15, -0.1) is 0 Å². The van der Waals surface area contributed by atoms with Crippen LogP contribution in [0.3, 0.4) is 0 Å². The molecule has 1 fully saturated rings. The molecule has 29 heavy (non-hydrogen) atoms. The lowest BCUT2D eigenvalue weighted by Crippen LogP contribution is -2.41. The Labute approximate surface area is 171 Å². The van der Waals surface area contributed by atoms with Crippen LogP contribution >= 0.6 is 0 Å². The molecule has 3 rings (SSSR count). The number of methoxy groups -OCH3 is 1. The zero-order chi connectivity index (χ0) is 20.5. The number of rotatable bonds is 10. The largest absolute Gasteiger partial charge is 0.475 e. The lowest BCUT2D eigenvalue weighted by molar-refractivity contribution is 0.143. The topological polar surface area (TPSA) is 67.8 Å². The Kier molecular flexibility index (Phi) is 7.41. The minimum Gasteiger partial charge on any atom is -0.475 e. The van der Waals surface area contributed by atoms with E-state index >= 15 is 0 Å². The standard InChI is InChI=1S/C22H29FN4O2/c1-3-24-21(26-15-17-6-5-11-25-20(17)29-13-12-28-2)27-16-22(9-10-22)18-7-4-8-19(23)14-18/h4-8,11,14H,3,9-10,12-13,15-16H2,1-2H3,(H2,24,26,27). The number of hydrogen-bond acceptors (Lipinski definition) is 4. The lowest BCUT2D eigenvalue weighted by Gasteiger charge is -2.19. The normalized spacial score (nSPS) is 15.1. The van der Waals surface area contributed by atoms with Crippen LogP contribution in [0, 0.1) is 5.82 Å². The van der Waals surface area contributed by atoms with Crippen molar-refractivity contribution in [3.05, 3.63) is 59.5 Å². The summed E-state index contributed by atoms with van der Waals surface area (Å²) < 4.78 is 24.3. The highest BCUT2D eigenvalue weighted by atomic mass is 19.1. The molecule has 1 heterocycles. The molecule has 6 nitrogen and oxygen atoms in total. The average Bonchev–Trinajstić information content (AvgIpc) is 3.52. The smallest absolute Gasteiger partial charge is 0.218 e. The Morgan fingerprint density at radius 3 is 2.79 bits per heavy atom. The van der Waals surface area contributed by atoms with Gasteiger partial charge in [0.05, 0.1) is 13.2 Å². The Morgan fingerprint density at radius 2 is 2.07 bits per heavy atom. The van der Waals surface area contributed by atoms with Gasteiger partial charge in [-0.2, -0.15) is 0 Å². The maximum Gasteiger partial charge on any atom is 0.218 e. The second-order valence-corrected chi connectivity index (χ2v) is 7.15. The summed E-state index contributed by atoms with van der Waals surface area (Å²) in [5, 5.41) is 6.69. The van der Waals surface area contributed by atoms with Crippen LogP contribution in [0.25, 0.3) is 0 Å². The maximum atomic E-state index is 13.6. The van der Waals surface area contributed by atoms with E-state index in [4.69, 9.17) is 9.47 Å². The third-order valence-corrected chi connectivity index (χ3v) is 5.01. The van der Waals surface area contributed by atoms with E-state index < -0.39 is 0 Å². The molecule has 156 valence electrons. The van der Waals surface area contributed by atoms with Gasteiger partial charge in [0.2, 0.25) is 5.88 Å². The molecule has 2 N–H and O–H groups in total. The van der Waals surface area contributed by atoms with E-state index in [-0.39, 0.29) is 11.2 Å². The van der Waals surface area contributed by atoms with Crippen LogP contribution in [0.4, 0.5) is 4.39 Å². The molecule has 1 aromatic carbocycles. The molecule has 0 unspecified atom stereocenters. The molecule has 1 saturated carbocycles. The summed E-state index contributed by atoms with van der Waals surface area (Å²) in [6, 6.07) is 10.7. The van der Waals surface area contributed by atoms with E-state index in [9.17, 15) is 4.39 Å². The summed E-state index contributed by atoms with van der Waals surface area (Å²) >= 11 is 0. The molecule has 0 radical (unpaired) electrons. The number of ether oxygens (including phenoxy) is 2. The van der Waals surface area contributed by atoms with Crippen molar-refractivity contribution in [2.24, 2.45) is 4.99 Å². The first-order valence-corrected chi connectivity index (χ1v) is 10.0. The van der Waals surface area contributed by atoms with Gasteiger partial charge in [0, 0.05) is 37.4 Å². The summed E-state index contributed by atoms with van der Waals surface area (Å²) in [6.45, 7) is 4.89. The quantitative estimate of drug-likeness (QED) is 0.365. The van der Waals surface area contributed by atoms with E-state index in [0.717, 1.165) is 36.5 Å². The van der Waals surface area contributed by atoms with Gasteiger partial charge in [-0.25, -0.2) is 14.4 Å². The molecule has 1 aliphatic rings. The van der Waals surface area contributed by atoms with Gasteiger partial charge in [0.1, 0.15) is 12.4 Å². The fourth-order valence-corrected chi connectivity index (χ4v) is 3.19. The molecule has 7 heteroatoms. The maximum absolute atomic E-state index is 13.6. The highest BCUT2D eigenvalue weighted by Gasteiger charge is 2.44. The average molecular weight is 400 g/mol. The zero-order valence-corrected chi connectivity index (χ0v) is 17.1. The fourth-order valence-electron chi connectivity index (χ4n) is 3.19. The second-order valence-electron chi connectivity index (χ2n) is 7.15. The Morgan fingerprint density at radius 1 is 1.21 bits per heavy atom. The molecule has 0 bridgehead atoms. The summed E-state index contributed by atoms with van der Waals surface area (Å²) in [6.07, 6.45) is 3.79. The van der Waals surface area contributed by atoms with Crippen LogP contribution in [0.15, 0.2) is 47.6 Å². The van der Waals surface area contributed by atoms with E-state index in [2.05, 4.69) is 20.6 Å². The van der Waals surface area contributed by atoms with Gasteiger partial charge in [-0.1, -0.05) is 18.2 Å². The fraction of sp³-hybridized carbons (Fsp3) is 0.455. The minimum absolute atomic E-state index is 0.0129. The first kappa shape index (κ1) is 21.0. The van der Waals surface area contributed by atoms with E-state index in [1.54, 1.807) is 25.4 Å². The van der Waals surface area contributed by atoms with Gasteiger partial charge in [0.15, 0.2) is 5.96 Å². The highest BCUT2D eigenvalue weighted by molar-refractivity contribution is 5.80. The molecular formula is C22H29FN4O2. The number of pyridine rings is 1. The summed E-state index contributed by atoms with van der Waals surface area (Å²) in [5.41, 5.74) is 1.94. The monoisotopic (exact) mass is 400 g/mol. The van der Waals surface area contributed by atoms with Crippen LogP contribution in [-0.2, 0) is 16.7 Å². The highest BCUT2D eigenvalue weighted by Crippen LogP contribution is 2.47. The van der Waals surface area contributed by atoms with Crippen LogP contribution in [0.5, 0.6) is 5.88 Å². The van der Waals surface area contributed by atoms with Crippen LogP contribution in [0.1, 0.15) is 30.9 Å².